The molecule has 0 saturated carbocycles. The fraction of sp³-hybridized carbons (Fsp3) is 0.261. The first kappa shape index (κ1) is 21.6. The number of nitrogens with one attached hydrogen (secondary N) is 1. The van der Waals surface area contributed by atoms with Crippen LogP contribution in [0.25, 0.3) is 11.3 Å². The van der Waals surface area contributed by atoms with E-state index in [0.29, 0.717) is 24.9 Å². The molecule has 7 heteroatoms. The van der Waals surface area contributed by atoms with Crippen LogP contribution in [0.15, 0.2) is 65.8 Å². The Kier molecular flexibility index (Phi) is 8.09. The number of rotatable bonds is 10. The van der Waals surface area contributed by atoms with Crippen molar-refractivity contribution in [2.45, 2.75) is 19.0 Å². The molecule has 0 radical (unpaired) electrons. The van der Waals surface area contributed by atoms with Crippen LogP contribution in [0.4, 0.5) is 0 Å². The lowest BCUT2D eigenvalue weighted by Crippen LogP contribution is -2.29. The maximum Gasteiger partial charge on any atom is 0.230 e. The van der Waals surface area contributed by atoms with Gasteiger partial charge in [-0.2, -0.15) is 0 Å². The van der Waals surface area contributed by atoms with Gasteiger partial charge in [0.25, 0.3) is 0 Å². The lowest BCUT2D eigenvalue weighted by atomic mass is 10.1. The highest BCUT2D eigenvalue weighted by Crippen LogP contribution is 2.21. The number of thioether (sulfide) groups is 1. The van der Waals surface area contributed by atoms with Gasteiger partial charge >= 0.3 is 0 Å². The predicted molar refractivity (Wildman–Crippen MR) is 119 cm³/mol. The number of carbonyl (C=O) groups excluding carboxylic acids is 1. The van der Waals surface area contributed by atoms with E-state index < -0.39 is 0 Å². The maximum atomic E-state index is 12.1. The molecule has 0 atom stereocenters. The predicted octanol–water partition coefficient (Wildman–Crippen LogP) is 4.14. The third kappa shape index (κ3) is 6.77. The van der Waals surface area contributed by atoms with Crippen molar-refractivity contribution < 1.29 is 14.3 Å². The van der Waals surface area contributed by atoms with Crippen LogP contribution in [0.3, 0.4) is 0 Å². The Hall–Kier alpha value is -3.06. The first-order valence-electron chi connectivity index (χ1n) is 9.80. The number of aryl methyl sites for hydroxylation is 1. The average Bonchev–Trinajstić information content (AvgIpc) is 2.77. The van der Waals surface area contributed by atoms with Crippen molar-refractivity contribution in [3.63, 3.8) is 0 Å². The molecular weight excluding hydrogens is 398 g/mol. The van der Waals surface area contributed by atoms with E-state index in [0.717, 1.165) is 28.5 Å². The first-order chi connectivity index (χ1) is 14.6. The maximum absolute atomic E-state index is 12.1. The van der Waals surface area contributed by atoms with Gasteiger partial charge in [0.05, 0.1) is 24.6 Å². The van der Waals surface area contributed by atoms with Crippen molar-refractivity contribution in [2.75, 3.05) is 25.5 Å². The molecule has 0 aliphatic carbocycles. The number of ether oxygens (including phenoxy) is 2. The Balaban J connectivity index is 1.42. The van der Waals surface area contributed by atoms with E-state index in [1.807, 2.05) is 74.5 Å². The van der Waals surface area contributed by atoms with E-state index >= 15 is 0 Å². The molecule has 0 spiro atoms. The lowest BCUT2D eigenvalue weighted by molar-refractivity contribution is -0.118. The van der Waals surface area contributed by atoms with E-state index in [-0.39, 0.29) is 11.7 Å². The summed E-state index contributed by atoms with van der Waals surface area (Å²) in [4.78, 5) is 21.1. The van der Waals surface area contributed by atoms with Crippen LogP contribution < -0.4 is 14.8 Å². The third-order valence-electron chi connectivity index (χ3n) is 4.06. The number of hydrogen-bond donors (Lipinski definition) is 1. The molecule has 0 fully saturated rings. The lowest BCUT2D eigenvalue weighted by Gasteiger charge is -2.09. The van der Waals surface area contributed by atoms with Crippen LogP contribution in [0, 0.1) is 6.92 Å². The van der Waals surface area contributed by atoms with Crippen LogP contribution in [-0.2, 0) is 4.79 Å². The molecule has 3 aromatic rings. The first-order valence-corrected chi connectivity index (χ1v) is 10.8. The number of aromatic nitrogens is 2. The van der Waals surface area contributed by atoms with Crippen molar-refractivity contribution in [2.24, 2.45) is 0 Å². The molecule has 30 heavy (non-hydrogen) atoms. The molecule has 0 bridgehead atoms. The van der Waals surface area contributed by atoms with Gasteiger partial charge in [0.2, 0.25) is 5.91 Å². The summed E-state index contributed by atoms with van der Waals surface area (Å²) in [5.41, 5.74) is 2.76. The summed E-state index contributed by atoms with van der Waals surface area (Å²) < 4.78 is 11.0. The van der Waals surface area contributed by atoms with Crippen LogP contribution in [0.2, 0.25) is 0 Å². The summed E-state index contributed by atoms with van der Waals surface area (Å²) in [5.74, 6) is 1.72. The second-order valence-electron chi connectivity index (χ2n) is 6.43. The van der Waals surface area contributed by atoms with Gasteiger partial charge < -0.3 is 14.8 Å². The molecule has 1 amide bonds. The van der Waals surface area contributed by atoms with E-state index in [2.05, 4.69) is 15.3 Å². The molecule has 6 nitrogen and oxygen atoms in total. The Labute approximate surface area is 181 Å². The molecule has 1 N–H and O–H groups in total. The summed E-state index contributed by atoms with van der Waals surface area (Å²) in [6.45, 7) is 5.32. The third-order valence-corrected chi connectivity index (χ3v) is 4.91. The normalized spacial score (nSPS) is 10.5. The van der Waals surface area contributed by atoms with Gasteiger partial charge in [0.15, 0.2) is 5.16 Å². The minimum absolute atomic E-state index is 0.0818. The molecule has 156 valence electrons. The Morgan fingerprint density at radius 2 is 1.70 bits per heavy atom. The van der Waals surface area contributed by atoms with Gasteiger partial charge in [-0.25, -0.2) is 9.97 Å². The van der Waals surface area contributed by atoms with Gasteiger partial charge in [-0.3, -0.25) is 4.79 Å². The van der Waals surface area contributed by atoms with Crippen molar-refractivity contribution in [3.05, 3.63) is 66.4 Å². The highest BCUT2D eigenvalue weighted by atomic mass is 32.2. The van der Waals surface area contributed by atoms with Crippen molar-refractivity contribution in [3.8, 4) is 22.8 Å². The number of amides is 1. The second-order valence-corrected chi connectivity index (χ2v) is 7.38. The van der Waals surface area contributed by atoms with E-state index in [9.17, 15) is 4.79 Å². The summed E-state index contributed by atoms with van der Waals surface area (Å²) in [6.07, 6.45) is 0. The van der Waals surface area contributed by atoms with Crippen LogP contribution in [0.5, 0.6) is 11.5 Å². The van der Waals surface area contributed by atoms with Crippen LogP contribution in [0.1, 0.15) is 12.6 Å². The van der Waals surface area contributed by atoms with Crippen molar-refractivity contribution >= 4 is 17.7 Å². The summed E-state index contributed by atoms with van der Waals surface area (Å²) in [6, 6.07) is 19.3. The smallest absolute Gasteiger partial charge is 0.230 e. The topological polar surface area (TPSA) is 73.3 Å². The largest absolute Gasteiger partial charge is 0.494 e. The Morgan fingerprint density at radius 3 is 2.40 bits per heavy atom. The summed E-state index contributed by atoms with van der Waals surface area (Å²) in [7, 11) is 0. The zero-order valence-electron chi connectivity index (χ0n) is 17.1. The van der Waals surface area contributed by atoms with Crippen LogP contribution >= 0.6 is 11.8 Å². The van der Waals surface area contributed by atoms with Gasteiger partial charge in [0.1, 0.15) is 18.1 Å². The standard InChI is InChI=1S/C23H25N3O3S/c1-3-28-19-9-11-20(12-10-19)29-14-13-24-22(27)16-30-23-25-17(2)15-21(26-23)18-7-5-4-6-8-18/h4-12,15H,3,13-14,16H2,1-2H3,(H,24,27). The SMILES string of the molecule is CCOc1ccc(OCCNC(=O)CSc2nc(C)cc(-c3ccccc3)n2)cc1. The highest BCUT2D eigenvalue weighted by Gasteiger charge is 2.08. The number of nitrogens with zero attached hydrogens (tertiary/aromatic N) is 2. The zero-order chi connectivity index (χ0) is 21.2. The minimum atomic E-state index is -0.0818. The molecule has 0 saturated heterocycles. The number of benzene rings is 2. The van der Waals surface area contributed by atoms with Gasteiger partial charge in [-0.05, 0) is 44.2 Å². The van der Waals surface area contributed by atoms with Gasteiger partial charge in [0, 0.05) is 11.3 Å². The van der Waals surface area contributed by atoms with Crippen LogP contribution in [-0.4, -0.2) is 41.4 Å². The van der Waals surface area contributed by atoms with Gasteiger partial charge in [-0.1, -0.05) is 42.1 Å². The molecule has 3 rings (SSSR count). The number of carbonyl (C=O) groups is 1. The Morgan fingerprint density at radius 1 is 1.00 bits per heavy atom. The fourth-order valence-electron chi connectivity index (χ4n) is 2.70. The number of hydrogen-bond acceptors (Lipinski definition) is 6. The van der Waals surface area contributed by atoms with E-state index in [4.69, 9.17) is 9.47 Å². The fourth-order valence-corrected chi connectivity index (χ4v) is 3.44. The molecule has 1 heterocycles. The monoisotopic (exact) mass is 423 g/mol. The second kappa shape index (κ2) is 11.2. The molecule has 1 aromatic heterocycles. The van der Waals surface area contributed by atoms with Gasteiger partial charge in [-0.15, -0.1) is 0 Å². The zero-order valence-corrected chi connectivity index (χ0v) is 17.9. The van der Waals surface area contributed by atoms with E-state index in [1.165, 1.54) is 11.8 Å². The molecule has 0 aliphatic heterocycles. The van der Waals surface area contributed by atoms with Crippen molar-refractivity contribution in [1.82, 2.24) is 15.3 Å². The van der Waals surface area contributed by atoms with E-state index in [1.54, 1.807) is 0 Å². The summed E-state index contributed by atoms with van der Waals surface area (Å²) >= 11 is 1.32. The minimum Gasteiger partial charge on any atom is -0.494 e. The van der Waals surface area contributed by atoms with Crippen molar-refractivity contribution in [1.29, 1.82) is 0 Å². The molecule has 0 unspecified atom stereocenters. The Bertz CT molecular complexity index is 950. The molecule has 0 aliphatic rings. The molecule has 2 aromatic carbocycles. The quantitative estimate of drug-likeness (QED) is 0.300. The summed E-state index contributed by atoms with van der Waals surface area (Å²) in [5, 5.41) is 3.44. The highest BCUT2D eigenvalue weighted by molar-refractivity contribution is 7.99. The average molecular weight is 424 g/mol. The molecular formula is C23H25N3O3S.